The van der Waals surface area contributed by atoms with Gasteiger partial charge in [0.25, 0.3) is 0 Å². The molecule has 1 aromatic heterocycles. The maximum absolute atomic E-state index is 5.82. The summed E-state index contributed by atoms with van der Waals surface area (Å²) in [6.45, 7) is 5.32. The number of pyridine rings is 1. The van der Waals surface area contributed by atoms with E-state index in [1.165, 1.54) is 61.8 Å². The Morgan fingerprint density at radius 2 is 1.37 bits per heavy atom. The van der Waals surface area contributed by atoms with Gasteiger partial charge in [-0.15, -0.1) is 0 Å². The van der Waals surface area contributed by atoms with Crippen molar-refractivity contribution < 1.29 is 4.74 Å². The zero-order valence-electron chi connectivity index (χ0n) is 17.4. The molecular weight excluding hydrogens is 330 g/mol. The maximum atomic E-state index is 5.82. The van der Waals surface area contributed by atoms with Crippen LogP contribution in [-0.4, -0.2) is 11.6 Å². The van der Waals surface area contributed by atoms with Gasteiger partial charge in [0.15, 0.2) is 0 Å². The van der Waals surface area contributed by atoms with E-state index in [4.69, 9.17) is 4.74 Å². The van der Waals surface area contributed by atoms with Crippen molar-refractivity contribution in [3.05, 3.63) is 59.4 Å². The van der Waals surface area contributed by atoms with Crippen LogP contribution in [0.5, 0.6) is 5.75 Å². The number of hydrogen-bond acceptors (Lipinski definition) is 2. The Bertz CT molecular complexity index is 603. The molecule has 0 saturated heterocycles. The van der Waals surface area contributed by atoms with Crippen molar-refractivity contribution in [2.75, 3.05) is 6.61 Å². The highest BCUT2D eigenvalue weighted by Crippen LogP contribution is 2.15. The van der Waals surface area contributed by atoms with Gasteiger partial charge < -0.3 is 4.74 Å². The van der Waals surface area contributed by atoms with Crippen molar-refractivity contribution in [1.82, 2.24) is 4.98 Å². The number of benzene rings is 1. The Hall–Kier alpha value is -1.83. The summed E-state index contributed by atoms with van der Waals surface area (Å²) in [5.41, 5.74) is 3.90. The van der Waals surface area contributed by atoms with E-state index in [9.17, 15) is 0 Å². The number of aromatic nitrogens is 1. The van der Waals surface area contributed by atoms with Crippen molar-refractivity contribution in [2.24, 2.45) is 0 Å². The molecule has 0 fully saturated rings. The molecule has 0 amide bonds. The van der Waals surface area contributed by atoms with E-state index in [0.717, 1.165) is 38.0 Å². The summed E-state index contributed by atoms with van der Waals surface area (Å²) in [4.78, 5) is 4.65. The number of hydrogen-bond donors (Lipinski definition) is 0. The van der Waals surface area contributed by atoms with Gasteiger partial charge in [-0.25, -0.2) is 0 Å². The number of ether oxygens (including phenoxy) is 1. The second kappa shape index (κ2) is 13.4. The van der Waals surface area contributed by atoms with E-state index < -0.39 is 0 Å². The van der Waals surface area contributed by atoms with Crippen LogP contribution in [0.4, 0.5) is 0 Å². The van der Waals surface area contributed by atoms with Gasteiger partial charge in [0.1, 0.15) is 5.75 Å². The molecule has 0 radical (unpaired) electrons. The van der Waals surface area contributed by atoms with Gasteiger partial charge in [0.05, 0.1) is 6.61 Å². The van der Waals surface area contributed by atoms with Crippen molar-refractivity contribution >= 4 is 0 Å². The van der Waals surface area contributed by atoms with Crippen LogP contribution in [0.2, 0.25) is 0 Å². The van der Waals surface area contributed by atoms with Crippen LogP contribution >= 0.6 is 0 Å². The Labute approximate surface area is 166 Å². The van der Waals surface area contributed by atoms with Gasteiger partial charge in [-0.1, -0.05) is 70.6 Å². The van der Waals surface area contributed by atoms with E-state index in [-0.39, 0.29) is 0 Å². The van der Waals surface area contributed by atoms with Gasteiger partial charge in [-0.3, -0.25) is 4.98 Å². The lowest BCUT2D eigenvalue weighted by molar-refractivity contribution is 0.305. The van der Waals surface area contributed by atoms with E-state index in [1.54, 1.807) is 0 Å². The first kappa shape index (κ1) is 21.5. The molecule has 0 aliphatic heterocycles. The third kappa shape index (κ3) is 9.08. The molecule has 2 heteroatoms. The number of unbranched alkanes of at least 4 members (excludes halogenated alkanes) is 6. The Balaban J connectivity index is 1.68. The van der Waals surface area contributed by atoms with Crippen LogP contribution in [0.25, 0.3) is 0 Å². The fraction of sp³-hybridized carbons (Fsp3) is 0.560. The average molecular weight is 368 g/mol. The topological polar surface area (TPSA) is 22.1 Å². The fourth-order valence-electron chi connectivity index (χ4n) is 3.25. The molecule has 1 aromatic carbocycles. The van der Waals surface area contributed by atoms with Crippen LogP contribution in [0.15, 0.2) is 42.6 Å². The van der Waals surface area contributed by atoms with E-state index in [1.807, 2.05) is 0 Å². The minimum absolute atomic E-state index is 0.827. The first-order chi connectivity index (χ1) is 13.3. The molecule has 0 bridgehead atoms. The number of nitrogens with zero attached hydrogens (tertiary/aromatic N) is 1. The number of aryl methyl sites for hydroxylation is 3. The summed E-state index contributed by atoms with van der Waals surface area (Å²) in [7, 11) is 0. The van der Waals surface area contributed by atoms with E-state index in [2.05, 4.69) is 61.4 Å². The lowest BCUT2D eigenvalue weighted by atomic mass is 10.1. The third-order valence-corrected chi connectivity index (χ3v) is 5.06. The molecule has 2 rings (SSSR count). The summed E-state index contributed by atoms with van der Waals surface area (Å²) < 4.78 is 5.82. The van der Waals surface area contributed by atoms with Crippen molar-refractivity contribution in [2.45, 2.75) is 84.5 Å². The molecule has 0 aliphatic rings. The highest BCUT2D eigenvalue weighted by molar-refractivity contribution is 5.28. The summed E-state index contributed by atoms with van der Waals surface area (Å²) in [6, 6.07) is 13.0. The van der Waals surface area contributed by atoms with Crippen LogP contribution in [0.1, 0.15) is 82.0 Å². The predicted molar refractivity (Wildman–Crippen MR) is 116 cm³/mol. The molecule has 2 nitrogen and oxygen atoms in total. The molecular formula is C25H37NO. The summed E-state index contributed by atoms with van der Waals surface area (Å²) in [6.07, 6.45) is 15.5. The van der Waals surface area contributed by atoms with Crippen LogP contribution in [0, 0.1) is 0 Å². The lowest BCUT2D eigenvalue weighted by Gasteiger charge is -2.07. The SMILES string of the molecule is CCCCCCOc1ccc(CCc2ccc(CCCCCC)cn2)cc1. The minimum atomic E-state index is 0.827. The normalized spacial score (nSPS) is 10.9. The molecule has 0 unspecified atom stereocenters. The second-order valence-corrected chi connectivity index (χ2v) is 7.52. The maximum Gasteiger partial charge on any atom is 0.119 e. The molecule has 0 N–H and O–H groups in total. The lowest BCUT2D eigenvalue weighted by Crippen LogP contribution is -1.98. The molecule has 148 valence electrons. The van der Waals surface area contributed by atoms with Crippen LogP contribution in [0.3, 0.4) is 0 Å². The first-order valence-corrected chi connectivity index (χ1v) is 11.0. The monoisotopic (exact) mass is 367 g/mol. The molecule has 0 saturated carbocycles. The summed E-state index contributed by atoms with van der Waals surface area (Å²) in [5, 5.41) is 0. The Morgan fingerprint density at radius 3 is 2.04 bits per heavy atom. The van der Waals surface area contributed by atoms with Gasteiger partial charge >= 0.3 is 0 Å². The zero-order chi connectivity index (χ0) is 19.2. The standard InChI is InChI=1S/C25H37NO/c1-3-5-7-9-11-23-13-17-24(26-21-23)16-12-22-14-18-25(19-15-22)27-20-10-8-6-4-2/h13-15,17-19,21H,3-12,16,20H2,1-2H3. The van der Waals surface area contributed by atoms with E-state index in [0.29, 0.717) is 0 Å². The van der Waals surface area contributed by atoms with Crippen molar-refractivity contribution in [1.29, 1.82) is 0 Å². The Morgan fingerprint density at radius 1 is 0.667 bits per heavy atom. The summed E-state index contributed by atoms with van der Waals surface area (Å²) >= 11 is 0. The highest BCUT2D eigenvalue weighted by Gasteiger charge is 2.00. The van der Waals surface area contributed by atoms with Crippen LogP contribution in [-0.2, 0) is 19.3 Å². The highest BCUT2D eigenvalue weighted by atomic mass is 16.5. The van der Waals surface area contributed by atoms with Gasteiger partial charge in [-0.2, -0.15) is 0 Å². The second-order valence-electron chi connectivity index (χ2n) is 7.52. The average Bonchev–Trinajstić information content (AvgIpc) is 2.71. The molecule has 2 aromatic rings. The fourth-order valence-corrected chi connectivity index (χ4v) is 3.25. The quantitative estimate of drug-likeness (QED) is 0.337. The zero-order valence-corrected chi connectivity index (χ0v) is 17.4. The number of rotatable bonds is 14. The molecule has 0 aliphatic carbocycles. The van der Waals surface area contributed by atoms with Crippen molar-refractivity contribution in [3.63, 3.8) is 0 Å². The minimum Gasteiger partial charge on any atom is -0.494 e. The first-order valence-electron chi connectivity index (χ1n) is 11.0. The molecule has 0 atom stereocenters. The molecule has 0 spiro atoms. The van der Waals surface area contributed by atoms with E-state index >= 15 is 0 Å². The predicted octanol–water partition coefficient (Wildman–Crippen LogP) is 6.95. The van der Waals surface area contributed by atoms with Gasteiger partial charge in [-0.05, 0) is 61.4 Å². The smallest absolute Gasteiger partial charge is 0.119 e. The molecule has 27 heavy (non-hydrogen) atoms. The van der Waals surface area contributed by atoms with Crippen LogP contribution < -0.4 is 4.74 Å². The van der Waals surface area contributed by atoms with Crippen molar-refractivity contribution in [3.8, 4) is 5.75 Å². The third-order valence-electron chi connectivity index (χ3n) is 5.06. The Kier molecular flexibility index (Phi) is 10.6. The molecule has 1 heterocycles. The van der Waals surface area contributed by atoms with Gasteiger partial charge in [0, 0.05) is 11.9 Å². The summed E-state index contributed by atoms with van der Waals surface area (Å²) in [5.74, 6) is 0.987. The largest absolute Gasteiger partial charge is 0.494 e. The van der Waals surface area contributed by atoms with Gasteiger partial charge in [0.2, 0.25) is 0 Å².